The van der Waals surface area contributed by atoms with E-state index < -0.39 is 0 Å². The SMILES string of the molecule is CCn1ccnc1C(Cc1ccc(OC)nc1)NN. The molecule has 0 saturated heterocycles. The molecule has 0 aliphatic carbocycles. The molecule has 0 aromatic carbocycles. The normalized spacial score (nSPS) is 12.4. The maximum absolute atomic E-state index is 5.64. The van der Waals surface area contributed by atoms with Gasteiger partial charge in [-0.25, -0.2) is 15.4 Å². The molecule has 3 N–H and O–H groups in total. The lowest BCUT2D eigenvalue weighted by atomic mass is 10.1. The van der Waals surface area contributed by atoms with E-state index in [9.17, 15) is 0 Å². The molecule has 0 aliphatic rings. The summed E-state index contributed by atoms with van der Waals surface area (Å²) in [6, 6.07) is 3.79. The number of pyridine rings is 1. The summed E-state index contributed by atoms with van der Waals surface area (Å²) >= 11 is 0. The van der Waals surface area contributed by atoms with E-state index in [-0.39, 0.29) is 6.04 Å². The van der Waals surface area contributed by atoms with Gasteiger partial charge in [0, 0.05) is 31.2 Å². The van der Waals surface area contributed by atoms with Crippen molar-refractivity contribution in [3.63, 3.8) is 0 Å². The van der Waals surface area contributed by atoms with Gasteiger partial charge >= 0.3 is 0 Å². The molecular weight excluding hydrogens is 242 g/mol. The predicted molar refractivity (Wildman–Crippen MR) is 72.5 cm³/mol. The van der Waals surface area contributed by atoms with Gasteiger partial charge in [0.05, 0.1) is 13.2 Å². The number of nitrogens with one attached hydrogen (secondary N) is 1. The minimum absolute atomic E-state index is 0.0369. The first-order valence-corrected chi connectivity index (χ1v) is 6.24. The summed E-state index contributed by atoms with van der Waals surface area (Å²) in [5, 5.41) is 0. The molecule has 2 rings (SSSR count). The highest BCUT2D eigenvalue weighted by Gasteiger charge is 2.15. The van der Waals surface area contributed by atoms with Gasteiger partial charge in [-0.3, -0.25) is 5.84 Å². The third kappa shape index (κ3) is 3.10. The van der Waals surface area contributed by atoms with E-state index in [0.29, 0.717) is 5.88 Å². The Balaban J connectivity index is 2.14. The fourth-order valence-electron chi connectivity index (χ4n) is 2.01. The van der Waals surface area contributed by atoms with Crippen LogP contribution in [0.5, 0.6) is 5.88 Å². The van der Waals surface area contributed by atoms with Crippen LogP contribution in [0.25, 0.3) is 0 Å². The van der Waals surface area contributed by atoms with E-state index in [1.54, 1.807) is 19.5 Å². The Hall–Kier alpha value is -1.92. The number of aromatic nitrogens is 3. The standard InChI is InChI=1S/C13H19N5O/c1-3-18-7-6-15-13(18)11(17-14)8-10-4-5-12(19-2)16-9-10/h4-7,9,11,17H,3,8,14H2,1-2H3. The first-order chi connectivity index (χ1) is 9.28. The fourth-order valence-corrected chi connectivity index (χ4v) is 2.01. The zero-order chi connectivity index (χ0) is 13.7. The number of imidazole rings is 1. The second-order valence-electron chi connectivity index (χ2n) is 4.20. The smallest absolute Gasteiger partial charge is 0.212 e. The Morgan fingerprint density at radius 1 is 1.42 bits per heavy atom. The maximum atomic E-state index is 5.64. The van der Waals surface area contributed by atoms with Gasteiger partial charge < -0.3 is 9.30 Å². The molecule has 2 aromatic rings. The summed E-state index contributed by atoms with van der Waals surface area (Å²) in [6.07, 6.45) is 6.26. The molecule has 2 aromatic heterocycles. The predicted octanol–water partition coefficient (Wildman–Crippen LogP) is 1.05. The Labute approximate surface area is 112 Å². The summed E-state index contributed by atoms with van der Waals surface area (Å²) in [6.45, 7) is 2.95. The van der Waals surface area contributed by atoms with Crippen LogP contribution in [0, 0.1) is 0 Å². The van der Waals surface area contributed by atoms with E-state index in [4.69, 9.17) is 10.6 Å². The molecule has 1 unspecified atom stereocenters. The Morgan fingerprint density at radius 3 is 2.84 bits per heavy atom. The van der Waals surface area contributed by atoms with E-state index in [1.807, 2.05) is 18.3 Å². The lowest BCUT2D eigenvalue weighted by molar-refractivity contribution is 0.397. The molecule has 0 aliphatic heterocycles. The van der Waals surface area contributed by atoms with Crippen LogP contribution in [0.1, 0.15) is 24.4 Å². The van der Waals surface area contributed by atoms with Gasteiger partial charge in [-0.2, -0.15) is 0 Å². The van der Waals surface area contributed by atoms with Crippen molar-refractivity contribution in [2.75, 3.05) is 7.11 Å². The molecule has 0 saturated carbocycles. The molecule has 2 heterocycles. The third-order valence-electron chi connectivity index (χ3n) is 3.05. The number of hydrogen-bond donors (Lipinski definition) is 2. The van der Waals surface area contributed by atoms with Gasteiger partial charge in [-0.1, -0.05) is 6.07 Å². The highest BCUT2D eigenvalue weighted by atomic mass is 16.5. The van der Waals surface area contributed by atoms with Crippen LogP contribution < -0.4 is 16.0 Å². The molecule has 6 heteroatoms. The van der Waals surface area contributed by atoms with Crippen molar-refractivity contribution in [3.05, 3.63) is 42.1 Å². The molecule has 19 heavy (non-hydrogen) atoms. The highest BCUT2D eigenvalue weighted by Crippen LogP contribution is 2.17. The van der Waals surface area contributed by atoms with Gasteiger partial charge in [0.15, 0.2) is 0 Å². The molecule has 6 nitrogen and oxygen atoms in total. The minimum Gasteiger partial charge on any atom is -0.481 e. The number of nitrogens with zero attached hydrogens (tertiary/aromatic N) is 3. The third-order valence-corrected chi connectivity index (χ3v) is 3.05. The van der Waals surface area contributed by atoms with Crippen LogP contribution in [0.2, 0.25) is 0 Å². The maximum Gasteiger partial charge on any atom is 0.212 e. The van der Waals surface area contributed by atoms with Crippen molar-refractivity contribution in [2.24, 2.45) is 5.84 Å². The fraction of sp³-hybridized carbons (Fsp3) is 0.385. The molecule has 0 radical (unpaired) electrons. The molecular formula is C13H19N5O. The number of hydrazine groups is 1. The Bertz CT molecular complexity index is 508. The summed E-state index contributed by atoms with van der Waals surface area (Å²) < 4.78 is 7.11. The monoisotopic (exact) mass is 261 g/mol. The number of ether oxygens (including phenoxy) is 1. The van der Waals surface area contributed by atoms with Crippen LogP contribution in [0.4, 0.5) is 0 Å². The van der Waals surface area contributed by atoms with Gasteiger partial charge in [0.2, 0.25) is 5.88 Å². The lowest BCUT2D eigenvalue weighted by Gasteiger charge is -2.16. The first-order valence-electron chi connectivity index (χ1n) is 6.24. The second kappa shape index (κ2) is 6.31. The number of methoxy groups -OCH3 is 1. The van der Waals surface area contributed by atoms with Crippen molar-refractivity contribution in [3.8, 4) is 5.88 Å². The van der Waals surface area contributed by atoms with Crippen LogP contribution in [0.3, 0.4) is 0 Å². The average Bonchev–Trinajstić information content (AvgIpc) is 2.93. The van der Waals surface area contributed by atoms with Crippen molar-refractivity contribution in [1.82, 2.24) is 20.0 Å². The minimum atomic E-state index is -0.0369. The summed E-state index contributed by atoms with van der Waals surface area (Å²) in [7, 11) is 1.60. The number of aryl methyl sites for hydroxylation is 1. The zero-order valence-corrected chi connectivity index (χ0v) is 11.2. The van der Waals surface area contributed by atoms with Crippen molar-refractivity contribution < 1.29 is 4.74 Å². The van der Waals surface area contributed by atoms with Gasteiger partial charge in [-0.15, -0.1) is 0 Å². The average molecular weight is 261 g/mol. The first kappa shape index (κ1) is 13.5. The zero-order valence-electron chi connectivity index (χ0n) is 11.2. The van der Waals surface area contributed by atoms with Crippen LogP contribution >= 0.6 is 0 Å². The Morgan fingerprint density at radius 2 is 2.26 bits per heavy atom. The summed E-state index contributed by atoms with van der Waals surface area (Å²) in [5.41, 5.74) is 3.89. The molecule has 0 spiro atoms. The summed E-state index contributed by atoms with van der Waals surface area (Å²) in [4.78, 5) is 8.55. The van der Waals surface area contributed by atoms with Crippen molar-refractivity contribution in [1.29, 1.82) is 0 Å². The van der Waals surface area contributed by atoms with E-state index in [0.717, 1.165) is 24.4 Å². The highest BCUT2D eigenvalue weighted by molar-refractivity contribution is 5.19. The van der Waals surface area contributed by atoms with Crippen LogP contribution in [-0.4, -0.2) is 21.6 Å². The van der Waals surface area contributed by atoms with Gasteiger partial charge in [-0.05, 0) is 18.9 Å². The van der Waals surface area contributed by atoms with Gasteiger partial charge in [0.1, 0.15) is 5.82 Å². The molecule has 1 atom stereocenters. The van der Waals surface area contributed by atoms with Crippen molar-refractivity contribution >= 4 is 0 Å². The second-order valence-corrected chi connectivity index (χ2v) is 4.20. The topological polar surface area (TPSA) is 78.0 Å². The summed E-state index contributed by atoms with van der Waals surface area (Å²) in [5.74, 6) is 7.18. The van der Waals surface area contributed by atoms with Gasteiger partial charge in [0.25, 0.3) is 0 Å². The van der Waals surface area contributed by atoms with E-state index >= 15 is 0 Å². The van der Waals surface area contributed by atoms with E-state index in [1.165, 1.54) is 0 Å². The molecule has 102 valence electrons. The molecule has 0 amide bonds. The molecule has 0 fully saturated rings. The quantitative estimate of drug-likeness (QED) is 0.600. The lowest BCUT2D eigenvalue weighted by Crippen LogP contribution is -2.31. The molecule has 0 bridgehead atoms. The number of rotatable bonds is 6. The van der Waals surface area contributed by atoms with Crippen LogP contribution in [0.15, 0.2) is 30.7 Å². The largest absolute Gasteiger partial charge is 0.481 e. The van der Waals surface area contributed by atoms with E-state index in [2.05, 4.69) is 26.9 Å². The Kier molecular flexibility index (Phi) is 4.48. The van der Waals surface area contributed by atoms with Crippen molar-refractivity contribution in [2.45, 2.75) is 25.9 Å². The number of hydrogen-bond acceptors (Lipinski definition) is 5. The van der Waals surface area contributed by atoms with Crippen LogP contribution in [-0.2, 0) is 13.0 Å². The number of nitrogens with two attached hydrogens (primary N) is 1.